The van der Waals surface area contributed by atoms with Crippen LogP contribution in [0.4, 0.5) is 4.79 Å². The molecule has 0 radical (unpaired) electrons. The Labute approximate surface area is 185 Å². The van der Waals surface area contributed by atoms with Gasteiger partial charge in [-0.25, -0.2) is 4.79 Å². The van der Waals surface area contributed by atoms with E-state index in [0.29, 0.717) is 52.3 Å². The zero-order chi connectivity index (χ0) is 22.3. The maximum atomic E-state index is 12.4. The monoisotopic (exact) mass is 432 g/mol. The van der Waals surface area contributed by atoms with E-state index in [4.69, 9.17) is 4.74 Å². The lowest BCUT2D eigenvalue weighted by Gasteiger charge is -2.22. The van der Waals surface area contributed by atoms with Gasteiger partial charge in [-0.05, 0) is 31.7 Å². The third kappa shape index (κ3) is 10.3. The molecule has 1 aromatic rings. The highest BCUT2D eigenvalue weighted by Gasteiger charge is 2.20. The van der Waals surface area contributed by atoms with E-state index in [1.165, 1.54) is 0 Å². The van der Waals surface area contributed by atoms with Gasteiger partial charge in [-0.3, -0.25) is 14.5 Å². The fraction of sp³-hybridized carbons (Fsp3) is 0.609. The molecule has 2 rings (SSSR count). The number of nitrogens with zero attached hydrogens (tertiary/aromatic N) is 2. The van der Waals surface area contributed by atoms with Crippen LogP contribution >= 0.6 is 0 Å². The van der Waals surface area contributed by atoms with Crippen LogP contribution < -0.4 is 10.6 Å². The van der Waals surface area contributed by atoms with Crippen LogP contribution in [0.15, 0.2) is 30.3 Å². The van der Waals surface area contributed by atoms with Crippen molar-refractivity contribution in [1.29, 1.82) is 0 Å². The molecule has 0 spiro atoms. The lowest BCUT2D eigenvalue weighted by Crippen LogP contribution is -2.43. The molecule has 1 aliphatic rings. The first-order valence-corrected chi connectivity index (χ1v) is 11.3. The van der Waals surface area contributed by atoms with Gasteiger partial charge in [-0.1, -0.05) is 36.8 Å². The van der Waals surface area contributed by atoms with E-state index in [0.717, 1.165) is 37.8 Å². The van der Waals surface area contributed by atoms with Gasteiger partial charge in [0.2, 0.25) is 5.91 Å². The molecular formula is C23H36N4O4. The van der Waals surface area contributed by atoms with Crippen molar-refractivity contribution in [3.8, 4) is 0 Å². The van der Waals surface area contributed by atoms with Crippen molar-refractivity contribution < 1.29 is 19.1 Å². The summed E-state index contributed by atoms with van der Waals surface area (Å²) in [5, 5.41) is 5.92. The molecule has 0 aliphatic carbocycles. The van der Waals surface area contributed by atoms with Gasteiger partial charge in [0, 0.05) is 45.7 Å². The molecule has 2 N–H and O–H groups in total. The Kier molecular flexibility index (Phi) is 11.5. The highest BCUT2D eigenvalue weighted by Crippen LogP contribution is 2.05. The summed E-state index contributed by atoms with van der Waals surface area (Å²) >= 11 is 0. The van der Waals surface area contributed by atoms with Crippen molar-refractivity contribution in [2.45, 2.75) is 45.6 Å². The van der Waals surface area contributed by atoms with Crippen LogP contribution in [0.2, 0.25) is 0 Å². The predicted octanol–water partition coefficient (Wildman–Crippen LogP) is 2.14. The smallest absolute Gasteiger partial charge is 0.317 e. The summed E-state index contributed by atoms with van der Waals surface area (Å²) in [5.74, 6) is -0.154. The zero-order valence-corrected chi connectivity index (χ0v) is 18.6. The third-order valence-electron chi connectivity index (χ3n) is 5.21. The van der Waals surface area contributed by atoms with Crippen LogP contribution in [0.5, 0.6) is 0 Å². The lowest BCUT2D eigenvalue weighted by molar-refractivity contribution is -0.143. The van der Waals surface area contributed by atoms with Crippen molar-refractivity contribution in [3.63, 3.8) is 0 Å². The van der Waals surface area contributed by atoms with Crippen LogP contribution in [-0.4, -0.2) is 73.6 Å². The molecule has 8 heteroatoms. The molecule has 0 aromatic heterocycles. The van der Waals surface area contributed by atoms with E-state index in [-0.39, 0.29) is 17.9 Å². The number of ether oxygens (including phenoxy) is 1. The van der Waals surface area contributed by atoms with Gasteiger partial charge < -0.3 is 20.3 Å². The molecule has 1 heterocycles. The Bertz CT molecular complexity index is 683. The van der Waals surface area contributed by atoms with Gasteiger partial charge in [0.1, 0.15) is 0 Å². The maximum absolute atomic E-state index is 12.4. The Morgan fingerprint density at radius 1 is 0.968 bits per heavy atom. The van der Waals surface area contributed by atoms with Crippen LogP contribution in [0.1, 0.15) is 44.6 Å². The van der Waals surface area contributed by atoms with Gasteiger partial charge in [0.15, 0.2) is 0 Å². The average Bonchev–Trinajstić information content (AvgIpc) is 3.01. The molecule has 0 saturated carbocycles. The summed E-state index contributed by atoms with van der Waals surface area (Å²) in [5.41, 5.74) is 1.08. The quantitative estimate of drug-likeness (QED) is 0.413. The molecule has 0 unspecified atom stereocenters. The number of esters is 1. The van der Waals surface area contributed by atoms with Crippen LogP contribution in [0.3, 0.4) is 0 Å². The number of urea groups is 1. The number of hydrogen-bond donors (Lipinski definition) is 2. The van der Waals surface area contributed by atoms with Gasteiger partial charge in [0.05, 0.1) is 13.2 Å². The second kappa shape index (κ2) is 14.4. The first-order valence-electron chi connectivity index (χ1n) is 11.3. The molecule has 1 fully saturated rings. The van der Waals surface area contributed by atoms with E-state index < -0.39 is 0 Å². The molecule has 8 nitrogen and oxygen atoms in total. The maximum Gasteiger partial charge on any atom is 0.317 e. The van der Waals surface area contributed by atoms with Crippen molar-refractivity contribution in [2.24, 2.45) is 0 Å². The zero-order valence-electron chi connectivity index (χ0n) is 18.6. The Morgan fingerprint density at radius 3 is 2.55 bits per heavy atom. The number of carbonyl (C=O) groups excluding carboxylic acids is 3. The molecule has 172 valence electrons. The fourth-order valence-electron chi connectivity index (χ4n) is 3.50. The van der Waals surface area contributed by atoms with E-state index in [2.05, 4.69) is 15.5 Å². The molecule has 0 bridgehead atoms. The highest BCUT2D eigenvalue weighted by molar-refractivity contribution is 5.78. The molecule has 1 aromatic carbocycles. The second-order valence-corrected chi connectivity index (χ2v) is 7.73. The molecule has 1 saturated heterocycles. The van der Waals surface area contributed by atoms with Crippen LogP contribution in [-0.2, 0) is 20.9 Å². The summed E-state index contributed by atoms with van der Waals surface area (Å²) in [7, 11) is 0. The van der Waals surface area contributed by atoms with Gasteiger partial charge in [0.25, 0.3) is 0 Å². The first-order chi connectivity index (χ1) is 15.1. The minimum Gasteiger partial charge on any atom is -0.466 e. The largest absolute Gasteiger partial charge is 0.466 e. The number of benzene rings is 1. The first kappa shape index (κ1) is 24.7. The Balaban J connectivity index is 1.58. The number of hydrogen-bond acceptors (Lipinski definition) is 5. The van der Waals surface area contributed by atoms with Gasteiger partial charge >= 0.3 is 12.0 Å². The summed E-state index contributed by atoms with van der Waals surface area (Å²) in [6.07, 6.45) is 3.78. The Hall–Kier alpha value is -2.61. The number of unbranched alkanes of at least 4 members (excludes halogenated alkanes) is 2. The number of nitrogens with one attached hydrogen (secondary N) is 2. The van der Waals surface area contributed by atoms with E-state index >= 15 is 0 Å². The topological polar surface area (TPSA) is 91.0 Å². The summed E-state index contributed by atoms with van der Waals surface area (Å²) in [4.78, 5) is 39.9. The average molecular weight is 433 g/mol. The predicted molar refractivity (Wildman–Crippen MR) is 119 cm³/mol. The van der Waals surface area contributed by atoms with Gasteiger partial charge in [-0.15, -0.1) is 0 Å². The lowest BCUT2D eigenvalue weighted by atomic mass is 10.2. The molecule has 1 aliphatic heterocycles. The minimum atomic E-state index is -0.158. The van der Waals surface area contributed by atoms with E-state index in [1.54, 1.807) is 6.92 Å². The van der Waals surface area contributed by atoms with Crippen molar-refractivity contribution >= 4 is 17.9 Å². The summed E-state index contributed by atoms with van der Waals surface area (Å²) in [6, 6.07) is 9.79. The number of rotatable bonds is 11. The molecule has 0 atom stereocenters. The number of amides is 3. The summed E-state index contributed by atoms with van der Waals surface area (Å²) < 4.78 is 4.90. The van der Waals surface area contributed by atoms with Crippen molar-refractivity contribution in [2.75, 3.05) is 45.9 Å². The molecule has 31 heavy (non-hydrogen) atoms. The van der Waals surface area contributed by atoms with Gasteiger partial charge in [-0.2, -0.15) is 0 Å². The highest BCUT2D eigenvalue weighted by atomic mass is 16.5. The normalized spacial score (nSPS) is 14.5. The van der Waals surface area contributed by atoms with Crippen LogP contribution in [0.25, 0.3) is 0 Å². The SMILES string of the molecule is CCOC(=O)CCCCCNC(=O)N1CCCN(CC(=O)NCc2ccccc2)CC1. The molecular weight excluding hydrogens is 396 g/mol. The van der Waals surface area contributed by atoms with Crippen LogP contribution in [0, 0.1) is 0 Å². The Morgan fingerprint density at radius 2 is 1.77 bits per heavy atom. The third-order valence-corrected chi connectivity index (χ3v) is 5.21. The van der Waals surface area contributed by atoms with Crippen molar-refractivity contribution in [3.05, 3.63) is 35.9 Å². The van der Waals surface area contributed by atoms with Crippen molar-refractivity contribution in [1.82, 2.24) is 20.4 Å². The van der Waals surface area contributed by atoms with E-state index in [9.17, 15) is 14.4 Å². The van der Waals surface area contributed by atoms with E-state index in [1.807, 2.05) is 35.2 Å². The number of carbonyl (C=O) groups is 3. The standard InChI is InChI=1S/C23H36N4O4/c1-2-31-22(29)12-7-4-8-13-24-23(30)27-15-9-14-26(16-17-27)19-21(28)25-18-20-10-5-3-6-11-20/h3,5-6,10-11H,2,4,7-9,12-19H2,1H3,(H,24,30)(H,25,28). The minimum absolute atomic E-state index is 0.00423. The fourth-order valence-corrected chi connectivity index (χ4v) is 3.50. The molecule has 3 amide bonds. The summed E-state index contributed by atoms with van der Waals surface area (Å²) in [6.45, 7) is 6.49. The second-order valence-electron chi connectivity index (χ2n) is 7.73.